The van der Waals surface area contributed by atoms with E-state index in [9.17, 15) is 18.0 Å². The smallest absolute Gasteiger partial charge is 0.394 e. The third-order valence-electron chi connectivity index (χ3n) is 2.26. The molecule has 0 aromatic carbocycles. The van der Waals surface area contributed by atoms with Crippen LogP contribution in [0.4, 0.5) is 0 Å². The lowest BCUT2D eigenvalue weighted by Gasteiger charge is -2.20. The zero-order valence-electron chi connectivity index (χ0n) is 7.63. The molecule has 1 N–H and O–H groups in total. The van der Waals surface area contributed by atoms with Crippen molar-refractivity contribution >= 4 is 21.7 Å². The quantitative estimate of drug-likeness (QED) is 0.556. The third kappa shape index (κ3) is 2.22. The molecule has 1 aliphatic rings. The summed E-state index contributed by atoms with van der Waals surface area (Å²) in [6.45, 7) is 0. The van der Waals surface area contributed by atoms with Crippen molar-refractivity contribution in [2.75, 3.05) is 18.6 Å². The van der Waals surface area contributed by atoms with Crippen LogP contribution in [0.5, 0.6) is 0 Å². The summed E-state index contributed by atoms with van der Waals surface area (Å²) in [5.74, 6) is -2.74. The van der Waals surface area contributed by atoms with E-state index in [1.54, 1.807) is 0 Å². The van der Waals surface area contributed by atoms with Crippen molar-refractivity contribution in [1.29, 1.82) is 0 Å². The average molecular weight is 221 g/mol. The second kappa shape index (κ2) is 3.56. The van der Waals surface area contributed by atoms with Crippen LogP contribution in [0, 0.1) is 0 Å². The zero-order valence-corrected chi connectivity index (χ0v) is 8.45. The van der Waals surface area contributed by atoms with Crippen molar-refractivity contribution < 1.29 is 23.1 Å². The number of hydrogen-bond acceptors (Lipinski definition) is 4. The Morgan fingerprint density at radius 3 is 2.36 bits per heavy atom. The molecule has 0 radical (unpaired) electrons. The summed E-state index contributed by atoms with van der Waals surface area (Å²) in [5, 5.41) is 8.40. The number of carboxylic acid groups (broad SMARTS) is 1. The number of aliphatic carboxylic acids is 1. The maximum Gasteiger partial charge on any atom is 0.394 e. The molecule has 14 heavy (non-hydrogen) atoms. The Hall–Kier alpha value is -1.11. The first-order valence-electron chi connectivity index (χ1n) is 4.04. The molecule has 1 aliphatic heterocycles. The fourth-order valence-corrected chi connectivity index (χ4v) is 3.17. The zero-order chi connectivity index (χ0) is 10.9. The molecule has 0 bridgehead atoms. The number of hydrogen-bond donors (Lipinski definition) is 1. The minimum Gasteiger partial charge on any atom is -0.474 e. The fraction of sp³-hybridized carbons (Fsp3) is 0.714. The molecule has 0 aliphatic carbocycles. The maximum atomic E-state index is 11.1. The molecule has 0 aromatic rings. The van der Waals surface area contributed by atoms with Gasteiger partial charge in [-0.3, -0.25) is 4.79 Å². The van der Waals surface area contributed by atoms with Crippen LogP contribution in [0.25, 0.3) is 0 Å². The lowest BCUT2D eigenvalue weighted by Crippen LogP contribution is -2.41. The SMILES string of the molecule is CN(C(=O)C(=O)O)C1CCS(=O)(=O)C1. The molecular formula is C7H11NO5S. The van der Waals surface area contributed by atoms with Crippen LogP contribution in [0.1, 0.15) is 6.42 Å². The Bertz CT molecular complexity index is 360. The van der Waals surface area contributed by atoms with E-state index in [1.807, 2.05) is 0 Å². The third-order valence-corrected chi connectivity index (χ3v) is 4.01. The first-order chi connectivity index (χ1) is 6.33. The second-order valence-corrected chi connectivity index (χ2v) is 5.51. The molecule has 1 fully saturated rings. The van der Waals surface area contributed by atoms with E-state index in [1.165, 1.54) is 7.05 Å². The van der Waals surface area contributed by atoms with Gasteiger partial charge < -0.3 is 10.0 Å². The Morgan fingerprint density at radius 2 is 2.00 bits per heavy atom. The van der Waals surface area contributed by atoms with Gasteiger partial charge in [-0.05, 0) is 6.42 Å². The molecule has 1 rings (SSSR count). The summed E-state index contributed by atoms with van der Waals surface area (Å²) in [6, 6.07) is -0.497. The highest BCUT2D eigenvalue weighted by Gasteiger charge is 2.34. The van der Waals surface area contributed by atoms with E-state index in [-0.39, 0.29) is 11.5 Å². The van der Waals surface area contributed by atoms with Gasteiger partial charge >= 0.3 is 11.9 Å². The summed E-state index contributed by atoms with van der Waals surface area (Å²) in [4.78, 5) is 22.3. The van der Waals surface area contributed by atoms with Gasteiger partial charge in [0.1, 0.15) is 0 Å². The second-order valence-electron chi connectivity index (χ2n) is 3.28. The minimum atomic E-state index is -3.09. The van der Waals surface area contributed by atoms with E-state index < -0.39 is 27.8 Å². The maximum absolute atomic E-state index is 11.1. The molecule has 1 saturated heterocycles. The van der Waals surface area contributed by atoms with Crippen LogP contribution in [-0.4, -0.2) is 54.9 Å². The molecule has 6 nitrogen and oxygen atoms in total. The number of likely N-dealkylation sites (N-methyl/N-ethyl adjacent to an activating group) is 1. The number of amides is 1. The predicted molar refractivity (Wildman–Crippen MR) is 47.5 cm³/mol. The summed E-state index contributed by atoms with van der Waals surface area (Å²) < 4.78 is 22.1. The summed E-state index contributed by atoms with van der Waals surface area (Å²) in [6.07, 6.45) is 0.317. The predicted octanol–water partition coefficient (Wildman–Crippen LogP) is -1.28. The van der Waals surface area contributed by atoms with E-state index in [2.05, 4.69) is 0 Å². The summed E-state index contributed by atoms with van der Waals surface area (Å²) in [5.41, 5.74) is 0. The normalized spacial score (nSPS) is 24.5. The van der Waals surface area contributed by atoms with E-state index in [4.69, 9.17) is 5.11 Å². The van der Waals surface area contributed by atoms with E-state index >= 15 is 0 Å². The van der Waals surface area contributed by atoms with E-state index in [0.29, 0.717) is 6.42 Å². The number of nitrogens with zero attached hydrogens (tertiary/aromatic N) is 1. The van der Waals surface area contributed by atoms with Crippen molar-refractivity contribution in [2.45, 2.75) is 12.5 Å². The standard InChI is InChI=1S/C7H11NO5S/c1-8(6(9)7(10)11)5-2-3-14(12,13)4-5/h5H,2-4H2,1H3,(H,10,11). The molecule has 1 unspecified atom stereocenters. The molecule has 1 amide bonds. The molecule has 1 atom stereocenters. The number of carboxylic acids is 1. The van der Waals surface area contributed by atoms with Gasteiger partial charge in [-0.2, -0.15) is 0 Å². The Labute approximate surface area is 81.4 Å². The van der Waals surface area contributed by atoms with Gasteiger partial charge in [-0.25, -0.2) is 13.2 Å². The van der Waals surface area contributed by atoms with Crippen LogP contribution < -0.4 is 0 Å². The van der Waals surface area contributed by atoms with Gasteiger partial charge in [0.25, 0.3) is 0 Å². The van der Waals surface area contributed by atoms with Crippen molar-refractivity contribution in [2.24, 2.45) is 0 Å². The monoisotopic (exact) mass is 221 g/mol. The van der Waals surface area contributed by atoms with Gasteiger partial charge in [-0.15, -0.1) is 0 Å². The molecule has 80 valence electrons. The molecule has 1 heterocycles. The van der Waals surface area contributed by atoms with Crippen molar-refractivity contribution in [1.82, 2.24) is 4.90 Å². The molecule has 7 heteroatoms. The number of carbonyl (C=O) groups excluding carboxylic acids is 1. The molecule has 0 aromatic heterocycles. The van der Waals surface area contributed by atoms with Crippen molar-refractivity contribution in [3.05, 3.63) is 0 Å². The number of carbonyl (C=O) groups is 2. The largest absolute Gasteiger partial charge is 0.474 e. The lowest BCUT2D eigenvalue weighted by atomic mass is 10.2. The minimum absolute atomic E-state index is 0.0227. The van der Waals surface area contributed by atoms with Crippen LogP contribution in [-0.2, 0) is 19.4 Å². The van der Waals surface area contributed by atoms with Crippen molar-refractivity contribution in [3.63, 3.8) is 0 Å². The lowest BCUT2D eigenvalue weighted by molar-refractivity contribution is -0.156. The number of sulfone groups is 1. The van der Waals surface area contributed by atoms with Crippen LogP contribution in [0.3, 0.4) is 0 Å². The van der Waals surface area contributed by atoms with Gasteiger partial charge in [0.15, 0.2) is 9.84 Å². The highest BCUT2D eigenvalue weighted by molar-refractivity contribution is 7.91. The first-order valence-corrected chi connectivity index (χ1v) is 5.86. The Balaban J connectivity index is 2.69. The topological polar surface area (TPSA) is 91.8 Å². The Morgan fingerprint density at radius 1 is 1.43 bits per heavy atom. The van der Waals surface area contributed by atoms with Gasteiger partial charge in [0.2, 0.25) is 0 Å². The van der Waals surface area contributed by atoms with Gasteiger partial charge in [0.05, 0.1) is 11.5 Å². The van der Waals surface area contributed by atoms with Gasteiger partial charge in [0, 0.05) is 13.1 Å². The van der Waals surface area contributed by atoms with Crippen LogP contribution in [0.15, 0.2) is 0 Å². The first kappa shape index (κ1) is 11.0. The summed E-state index contributed by atoms with van der Waals surface area (Å²) >= 11 is 0. The van der Waals surface area contributed by atoms with Gasteiger partial charge in [-0.1, -0.05) is 0 Å². The summed E-state index contributed by atoms with van der Waals surface area (Å²) in [7, 11) is -1.78. The number of rotatable bonds is 1. The van der Waals surface area contributed by atoms with Crippen molar-refractivity contribution in [3.8, 4) is 0 Å². The van der Waals surface area contributed by atoms with Crippen LogP contribution >= 0.6 is 0 Å². The highest BCUT2D eigenvalue weighted by atomic mass is 32.2. The molecule has 0 spiro atoms. The molecular weight excluding hydrogens is 210 g/mol. The highest BCUT2D eigenvalue weighted by Crippen LogP contribution is 2.16. The molecule has 0 saturated carbocycles. The van der Waals surface area contributed by atoms with Crippen LogP contribution in [0.2, 0.25) is 0 Å². The van der Waals surface area contributed by atoms with E-state index in [0.717, 1.165) is 4.90 Å². The average Bonchev–Trinajstić information content (AvgIpc) is 2.43. The Kier molecular flexibility index (Phi) is 2.79. The fourth-order valence-electron chi connectivity index (χ4n) is 1.40.